The molecule has 0 saturated heterocycles. The molecule has 0 atom stereocenters. The third-order valence-electron chi connectivity index (χ3n) is 1.28. The van der Waals surface area contributed by atoms with E-state index < -0.39 is 23.9 Å². The molecule has 0 aliphatic heterocycles. The van der Waals surface area contributed by atoms with Gasteiger partial charge < -0.3 is 29.3 Å². The van der Waals surface area contributed by atoms with Gasteiger partial charge in [0.25, 0.3) is 0 Å². The maximum atomic E-state index is 10.3. The van der Waals surface area contributed by atoms with Crippen molar-refractivity contribution in [3.63, 3.8) is 0 Å². The third kappa shape index (κ3) is 24.3. The van der Waals surface area contributed by atoms with Gasteiger partial charge in [-0.2, -0.15) is 0 Å². The molecule has 9 heteroatoms. The summed E-state index contributed by atoms with van der Waals surface area (Å²) >= 11 is 0. The quantitative estimate of drug-likeness (QED) is 0.279. The Balaban J connectivity index is -0.000000295. The minimum Gasteiger partial charge on any atom is -0.545 e. The predicted octanol–water partition coefficient (Wildman–Crippen LogP) is -2.67. The van der Waals surface area contributed by atoms with Crippen molar-refractivity contribution in [2.75, 3.05) is 13.2 Å². The van der Waals surface area contributed by atoms with Gasteiger partial charge in [0.15, 0.2) is 0 Å². The van der Waals surface area contributed by atoms with E-state index in [1.165, 1.54) is 0 Å². The Morgan fingerprint density at radius 1 is 0.762 bits per heavy atom. The van der Waals surface area contributed by atoms with Crippen molar-refractivity contribution in [3.05, 3.63) is 24.3 Å². The van der Waals surface area contributed by atoms with Gasteiger partial charge in [-0.25, -0.2) is 9.59 Å². The molecule has 8 nitrogen and oxygen atoms in total. The number of carboxylic acid groups (broad SMARTS) is 2. The summed E-state index contributed by atoms with van der Waals surface area (Å²) < 4.78 is 8.75. The molecule has 0 heterocycles. The molecule has 0 fully saturated rings. The molecule has 0 aromatic rings. The molecule has 0 bridgehead atoms. The molecular formula is C12H14O8Sr. The van der Waals surface area contributed by atoms with Gasteiger partial charge in [-0.3, -0.25) is 0 Å². The smallest absolute Gasteiger partial charge is 0.545 e. The number of hydrogen-bond donors (Lipinski definition) is 0. The standard InChI is InChI=1S/2C6H8O4.Sr/c2*1-2-10-6(9)4-3-5(7)8;/h2*3-4H,2H2,1H3,(H,7,8);/q;;+2/p-2/b2*4-3+;. The first kappa shape index (κ1) is 24.8. The summed E-state index contributed by atoms with van der Waals surface area (Å²) in [5.41, 5.74) is 0. The largest absolute Gasteiger partial charge is 2.00 e. The summed E-state index contributed by atoms with van der Waals surface area (Å²) in [6.07, 6.45) is 2.85. The van der Waals surface area contributed by atoms with Crippen molar-refractivity contribution in [3.8, 4) is 0 Å². The van der Waals surface area contributed by atoms with Gasteiger partial charge in [-0.15, -0.1) is 0 Å². The summed E-state index contributed by atoms with van der Waals surface area (Å²) in [5, 5.41) is 19.4. The van der Waals surface area contributed by atoms with Gasteiger partial charge in [-0.05, 0) is 26.0 Å². The molecule has 0 amide bonds. The second-order valence-corrected chi connectivity index (χ2v) is 2.81. The van der Waals surface area contributed by atoms with Crippen LogP contribution in [-0.2, 0) is 28.7 Å². The normalized spacial score (nSPS) is 9.24. The van der Waals surface area contributed by atoms with Gasteiger partial charge in [0.1, 0.15) is 0 Å². The zero-order valence-corrected chi connectivity index (χ0v) is 15.2. The van der Waals surface area contributed by atoms with Crippen LogP contribution in [0.5, 0.6) is 0 Å². The number of carbonyl (C=O) groups is 4. The maximum Gasteiger partial charge on any atom is 2.00 e. The van der Waals surface area contributed by atoms with E-state index in [1.54, 1.807) is 13.8 Å². The molecule has 112 valence electrons. The van der Waals surface area contributed by atoms with Crippen LogP contribution in [0.2, 0.25) is 0 Å². The van der Waals surface area contributed by atoms with Crippen LogP contribution < -0.4 is 10.2 Å². The van der Waals surface area contributed by atoms with Crippen molar-refractivity contribution in [2.24, 2.45) is 0 Å². The first-order valence-corrected chi connectivity index (χ1v) is 5.45. The van der Waals surface area contributed by atoms with Gasteiger partial charge in [-0.1, -0.05) is 0 Å². The summed E-state index contributed by atoms with van der Waals surface area (Å²) in [5.74, 6) is -4.17. The average Bonchev–Trinajstić information content (AvgIpc) is 2.35. The monoisotopic (exact) mass is 374 g/mol. The number of aliphatic carboxylic acids is 2. The SMILES string of the molecule is CCOC(=O)/C=C/C(=O)[O-].CCOC(=O)/C=C/C(=O)[O-].[Sr+2]. The Morgan fingerprint density at radius 2 is 1.05 bits per heavy atom. The van der Waals surface area contributed by atoms with E-state index in [0.29, 0.717) is 12.2 Å². The molecule has 0 saturated carbocycles. The molecule has 0 rings (SSSR count). The van der Waals surface area contributed by atoms with E-state index in [2.05, 4.69) is 9.47 Å². The van der Waals surface area contributed by atoms with Crippen LogP contribution in [0.4, 0.5) is 0 Å². The number of ether oxygens (including phenoxy) is 2. The van der Waals surface area contributed by atoms with Crippen LogP contribution in [0.1, 0.15) is 13.8 Å². The van der Waals surface area contributed by atoms with Crippen molar-refractivity contribution >= 4 is 69.4 Å². The molecule has 21 heavy (non-hydrogen) atoms. The van der Waals surface area contributed by atoms with E-state index in [0.717, 1.165) is 12.2 Å². The zero-order chi connectivity index (χ0) is 16.0. The number of esters is 2. The van der Waals surface area contributed by atoms with E-state index in [4.69, 9.17) is 0 Å². The Hall–Kier alpha value is -1.16. The molecule has 0 aliphatic carbocycles. The molecule has 0 aliphatic rings. The van der Waals surface area contributed by atoms with E-state index in [1.807, 2.05) is 0 Å². The van der Waals surface area contributed by atoms with E-state index >= 15 is 0 Å². The van der Waals surface area contributed by atoms with Crippen molar-refractivity contribution in [1.29, 1.82) is 0 Å². The summed E-state index contributed by atoms with van der Waals surface area (Å²) in [7, 11) is 0. The molecule has 0 radical (unpaired) electrons. The third-order valence-corrected chi connectivity index (χ3v) is 1.28. The van der Waals surface area contributed by atoms with Crippen molar-refractivity contribution in [1.82, 2.24) is 0 Å². The minimum atomic E-state index is -1.41. The summed E-state index contributed by atoms with van der Waals surface area (Å²) in [6, 6.07) is 0. The number of carbonyl (C=O) groups excluding carboxylic acids is 4. The van der Waals surface area contributed by atoms with Crippen molar-refractivity contribution < 1.29 is 38.9 Å². The van der Waals surface area contributed by atoms with Crippen molar-refractivity contribution in [2.45, 2.75) is 13.8 Å². The zero-order valence-electron chi connectivity index (χ0n) is 11.7. The van der Waals surface area contributed by atoms with Crippen LogP contribution in [0.25, 0.3) is 0 Å². The summed E-state index contributed by atoms with van der Waals surface area (Å²) in [4.78, 5) is 40.1. The van der Waals surface area contributed by atoms with E-state index in [-0.39, 0.29) is 58.7 Å². The molecule has 0 aromatic carbocycles. The molecule has 0 spiro atoms. The Morgan fingerprint density at radius 3 is 1.24 bits per heavy atom. The van der Waals surface area contributed by atoms with Crippen LogP contribution >= 0.6 is 0 Å². The fourth-order valence-electron chi connectivity index (χ4n) is 0.653. The summed E-state index contributed by atoms with van der Waals surface area (Å²) in [6.45, 7) is 3.72. The average molecular weight is 374 g/mol. The molecule has 0 aromatic heterocycles. The van der Waals surface area contributed by atoms with Gasteiger partial charge in [0, 0.05) is 12.2 Å². The molecular weight excluding hydrogens is 360 g/mol. The fourth-order valence-corrected chi connectivity index (χ4v) is 0.653. The fraction of sp³-hybridized carbons (Fsp3) is 0.333. The second kappa shape index (κ2) is 16.9. The van der Waals surface area contributed by atoms with Gasteiger partial charge >= 0.3 is 57.4 Å². The predicted molar refractivity (Wildman–Crippen MR) is 67.3 cm³/mol. The minimum absolute atomic E-state index is 0. The van der Waals surface area contributed by atoms with E-state index in [9.17, 15) is 29.4 Å². The Bertz CT molecular complexity index is 362. The first-order valence-electron chi connectivity index (χ1n) is 5.45. The molecule has 0 unspecified atom stereocenters. The van der Waals surface area contributed by atoms with Gasteiger partial charge in [0.05, 0.1) is 25.2 Å². The first-order chi connectivity index (χ1) is 9.33. The number of carboxylic acids is 2. The van der Waals surface area contributed by atoms with Crippen LogP contribution in [0.15, 0.2) is 24.3 Å². The second-order valence-electron chi connectivity index (χ2n) is 2.81. The van der Waals surface area contributed by atoms with Crippen LogP contribution in [-0.4, -0.2) is 82.6 Å². The molecule has 0 N–H and O–H groups in total. The number of rotatable bonds is 6. The Kier molecular flexibility index (Phi) is 20.0. The topological polar surface area (TPSA) is 133 Å². The number of hydrogen-bond acceptors (Lipinski definition) is 8. The van der Waals surface area contributed by atoms with Gasteiger partial charge in [0.2, 0.25) is 0 Å². The van der Waals surface area contributed by atoms with Crippen LogP contribution in [0, 0.1) is 0 Å². The Labute approximate surface area is 158 Å². The van der Waals surface area contributed by atoms with Crippen LogP contribution in [0.3, 0.4) is 0 Å². The maximum absolute atomic E-state index is 10.3.